The lowest BCUT2D eigenvalue weighted by Crippen LogP contribution is -2.34. The van der Waals surface area contributed by atoms with Crippen molar-refractivity contribution in [3.05, 3.63) is 77.6 Å². The number of fused-ring (bicyclic) bond motifs is 1. The first kappa shape index (κ1) is 17.4. The highest BCUT2D eigenvalue weighted by atomic mass is 32.2. The molecule has 0 bridgehead atoms. The average Bonchev–Trinajstić information content (AvgIpc) is 2.53. The summed E-state index contributed by atoms with van der Waals surface area (Å²) < 4.78 is 43.5. The number of hydrogen-bond acceptors (Lipinski definition) is 3. The van der Waals surface area contributed by atoms with Gasteiger partial charge in [-0.05, 0) is 49.2 Å². The molecule has 1 unspecified atom stereocenters. The number of halogens is 1. The van der Waals surface area contributed by atoms with Gasteiger partial charge >= 0.3 is 0 Å². The topological polar surface area (TPSA) is 61.4 Å². The average molecular weight is 358 g/mol. The van der Waals surface area contributed by atoms with Crippen molar-refractivity contribution >= 4 is 22.5 Å². The second-order valence-electron chi connectivity index (χ2n) is 6.16. The molecule has 0 radical (unpaired) electrons. The van der Waals surface area contributed by atoms with Gasteiger partial charge < -0.3 is 14.0 Å². The Morgan fingerprint density at radius 1 is 1.24 bits per heavy atom. The molecule has 1 heterocycles. The van der Waals surface area contributed by atoms with Gasteiger partial charge in [-0.3, -0.25) is 4.21 Å². The summed E-state index contributed by atoms with van der Waals surface area (Å²) in [6, 6.07) is 11.3. The number of rotatable bonds is 4. The van der Waals surface area contributed by atoms with Crippen molar-refractivity contribution in [1.29, 1.82) is 0 Å². The Balaban J connectivity index is 2.22. The van der Waals surface area contributed by atoms with E-state index in [9.17, 15) is 13.2 Å². The highest BCUT2D eigenvalue weighted by Crippen LogP contribution is 2.45. The molecule has 0 spiro atoms. The number of ether oxygens (including phenoxy) is 1. The van der Waals surface area contributed by atoms with Gasteiger partial charge in [-0.25, -0.2) is 4.39 Å². The van der Waals surface area contributed by atoms with Crippen molar-refractivity contribution in [2.24, 2.45) is 0 Å². The smallest absolute Gasteiger partial charge is 0.130 e. The van der Waals surface area contributed by atoms with Gasteiger partial charge in [0.2, 0.25) is 0 Å². The van der Waals surface area contributed by atoms with E-state index in [1.54, 1.807) is 36.4 Å². The predicted molar refractivity (Wildman–Crippen MR) is 96.3 cm³/mol. The molecule has 0 saturated heterocycles. The molecule has 2 aromatic rings. The summed E-state index contributed by atoms with van der Waals surface area (Å²) in [5, 5.41) is 0. The highest BCUT2D eigenvalue weighted by molar-refractivity contribution is 7.80. The third-order valence-corrected chi connectivity index (χ3v) is 4.47. The molecule has 6 heteroatoms. The molecule has 25 heavy (non-hydrogen) atoms. The summed E-state index contributed by atoms with van der Waals surface area (Å²) in [6.07, 6.45) is 1.74. The van der Waals surface area contributed by atoms with Crippen LogP contribution in [-0.4, -0.2) is 14.4 Å². The van der Waals surface area contributed by atoms with Crippen molar-refractivity contribution in [3.63, 3.8) is 0 Å². The quantitative estimate of drug-likeness (QED) is 0.834. The van der Waals surface area contributed by atoms with Crippen molar-refractivity contribution < 1.29 is 17.9 Å². The van der Waals surface area contributed by atoms with Gasteiger partial charge in [0.15, 0.2) is 0 Å². The van der Waals surface area contributed by atoms with Crippen LogP contribution in [0.5, 0.6) is 5.75 Å². The lowest BCUT2D eigenvalue weighted by atomic mass is 9.82. The van der Waals surface area contributed by atoms with Crippen LogP contribution in [0.15, 0.2) is 60.7 Å². The first-order chi connectivity index (χ1) is 11.8. The number of nitrogens with one attached hydrogen (secondary N) is 1. The Morgan fingerprint density at radius 2 is 1.92 bits per heavy atom. The highest BCUT2D eigenvalue weighted by Gasteiger charge is 2.34. The molecule has 0 aliphatic carbocycles. The fourth-order valence-electron chi connectivity index (χ4n) is 3.02. The monoisotopic (exact) mass is 358 g/mol. The van der Waals surface area contributed by atoms with Crippen LogP contribution in [-0.2, 0) is 11.3 Å². The Morgan fingerprint density at radius 3 is 2.52 bits per heavy atom. The normalized spacial score (nSPS) is 16.6. The predicted octanol–water partition coefficient (Wildman–Crippen LogP) is 4.19. The van der Waals surface area contributed by atoms with Gasteiger partial charge in [0.05, 0.1) is 0 Å². The van der Waals surface area contributed by atoms with Gasteiger partial charge in [0.25, 0.3) is 0 Å². The Hall–Kier alpha value is -2.44. The Labute approximate surface area is 148 Å². The minimum Gasteiger partial charge on any atom is -0.755 e. The summed E-state index contributed by atoms with van der Waals surface area (Å²) >= 11 is -2.42. The van der Waals surface area contributed by atoms with E-state index in [2.05, 4.69) is 11.3 Å². The van der Waals surface area contributed by atoms with Crippen LogP contribution in [0.4, 0.5) is 10.1 Å². The van der Waals surface area contributed by atoms with Crippen LogP contribution in [0.1, 0.15) is 25.0 Å². The minimum atomic E-state index is -2.42. The molecule has 1 N–H and O–H groups in total. The summed E-state index contributed by atoms with van der Waals surface area (Å²) in [7, 11) is 0. The molecule has 4 nitrogen and oxygen atoms in total. The van der Waals surface area contributed by atoms with Crippen molar-refractivity contribution in [1.82, 2.24) is 0 Å². The maximum Gasteiger partial charge on any atom is 0.130 e. The van der Waals surface area contributed by atoms with Gasteiger partial charge in [-0.1, -0.05) is 24.8 Å². The second-order valence-corrected chi connectivity index (χ2v) is 6.83. The van der Waals surface area contributed by atoms with Crippen LogP contribution >= 0.6 is 0 Å². The molecule has 0 saturated carbocycles. The second kappa shape index (κ2) is 6.46. The third-order valence-electron chi connectivity index (χ3n) is 4.07. The third kappa shape index (κ3) is 3.36. The molecular formula is C19H17FNO3S-. The molecule has 2 aromatic carbocycles. The van der Waals surface area contributed by atoms with Gasteiger partial charge in [0.1, 0.15) is 17.2 Å². The molecule has 0 aromatic heterocycles. The summed E-state index contributed by atoms with van der Waals surface area (Å²) in [5.41, 5.74) is 3.12. The van der Waals surface area contributed by atoms with Crippen LogP contribution in [0, 0.1) is 5.82 Å². The molecule has 1 aliphatic rings. The number of anilines is 1. The van der Waals surface area contributed by atoms with E-state index in [-0.39, 0.29) is 5.82 Å². The zero-order chi connectivity index (χ0) is 18.2. The molecule has 1 aliphatic heterocycles. The molecule has 0 amide bonds. The van der Waals surface area contributed by atoms with E-state index in [1.165, 1.54) is 12.1 Å². The van der Waals surface area contributed by atoms with E-state index < -0.39 is 16.9 Å². The van der Waals surface area contributed by atoms with Crippen LogP contribution < -0.4 is 9.46 Å². The van der Waals surface area contributed by atoms with Crippen molar-refractivity contribution in [2.45, 2.75) is 19.4 Å². The Bertz CT molecular complexity index is 888. The lowest BCUT2D eigenvalue weighted by molar-refractivity contribution is 0.149. The Kier molecular flexibility index (Phi) is 4.49. The first-order valence-corrected chi connectivity index (χ1v) is 8.72. The van der Waals surface area contributed by atoms with Gasteiger partial charge in [-0.15, -0.1) is 0 Å². The minimum absolute atomic E-state index is 0.312. The molecule has 0 fully saturated rings. The lowest BCUT2D eigenvalue weighted by Gasteiger charge is -2.36. The molecule has 3 rings (SSSR count). The first-order valence-electron chi connectivity index (χ1n) is 7.64. The molecular weight excluding hydrogens is 341 g/mol. The van der Waals surface area contributed by atoms with E-state index >= 15 is 0 Å². The standard InChI is InChI=1S/C19H18FNO3S/c1-4-16-18(12-5-7-13(20)8-6-12)15-10-9-14(21-25(22)23)11-17(15)24-19(16,2)3/h4-11,21H,1H2,2-3H3,(H,22,23)/p-1. The van der Waals surface area contributed by atoms with E-state index in [0.29, 0.717) is 11.4 Å². The van der Waals surface area contributed by atoms with Crippen molar-refractivity contribution in [2.75, 3.05) is 4.72 Å². The largest absolute Gasteiger partial charge is 0.755 e. The molecule has 130 valence electrons. The van der Waals surface area contributed by atoms with Gasteiger partial charge in [0, 0.05) is 34.2 Å². The van der Waals surface area contributed by atoms with E-state index in [4.69, 9.17) is 4.74 Å². The summed E-state index contributed by atoms with van der Waals surface area (Å²) in [6.45, 7) is 7.71. The van der Waals surface area contributed by atoms with E-state index in [1.807, 2.05) is 13.8 Å². The fourth-order valence-corrected chi connectivity index (χ4v) is 3.34. The number of hydrogen-bond donors (Lipinski definition) is 1. The zero-order valence-electron chi connectivity index (χ0n) is 13.8. The number of benzene rings is 2. The summed E-state index contributed by atoms with van der Waals surface area (Å²) in [5.74, 6) is 0.235. The summed E-state index contributed by atoms with van der Waals surface area (Å²) in [4.78, 5) is 0. The van der Waals surface area contributed by atoms with Gasteiger partial charge in [-0.2, -0.15) is 0 Å². The fraction of sp³-hybridized carbons (Fsp3) is 0.158. The van der Waals surface area contributed by atoms with Crippen LogP contribution in [0.2, 0.25) is 0 Å². The van der Waals surface area contributed by atoms with E-state index in [0.717, 1.165) is 22.3 Å². The zero-order valence-corrected chi connectivity index (χ0v) is 14.7. The van der Waals surface area contributed by atoms with Crippen LogP contribution in [0.3, 0.4) is 0 Å². The SMILES string of the molecule is C=CC1=C(c2ccc(F)cc2)c2ccc(NS(=O)[O-])cc2OC1(C)C. The molecule has 1 atom stereocenters. The maximum absolute atomic E-state index is 13.3. The van der Waals surface area contributed by atoms with Crippen LogP contribution in [0.25, 0.3) is 5.57 Å². The van der Waals surface area contributed by atoms with Crippen molar-refractivity contribution in [3.8, 4) is 5.75 Å². The maximum atomic E-state index is 13.3.